The summed E-state index contributed by atoms with van der Waals surface area (Å²) in [6.45, 7) is 1.84. The number of hydrogen-bond acceptors (Lipinski definition) is 2. The van der Waals surface area contributed by atoms with Gasteiger partial charge in [-0.25, -0.2) is 9.37 Å². The van der Waals surface area contributed by atoms with Gasteiger partial charge in [-0.1, -0.05) is 11.6 Å². The fraction of sp³-hybridized carbons (Fsp3) is 0.154. The molecular weight excluding hydrogens is 276 g/mol. The summed E-state index contributed by atoms with van der Waals surface area (Å²) in [6.07, 6.45) is 0. The Balaban J connectivity index is 2.27. The minimum absolute atomic E-state index is 0.0565. The van der Waals surface area contributed by atoms with Gasteiger partial charge < -0.3 is 4.74 Å². The van der Waals surface area contributed by atoms with E-state index in [1.807, 2.05) is 13.0 Å². The third-order valence-electron chi connectivity index (χ3n) is 2.26. The van der Waals surface area contributed by atoms with Crippen LogP contribution in [0.25, 0.3) is 0 Å². The smallest absolute Gasteiger partial charge is 0.219 e. The molecule has 2 aromatic rings. The molecule has 1 aromatic heterocycles. The summed E-state index contributed by atoms with van der Waals surface area (Å²) in [7, 11) is 0. The van der Waals surface area contributed by atoms with Crippen LogP contribution in [-0.2, 0) is 5.88 Å². The molecular formula is C13H10Cl2FNO. The van der Waals surface area contributed by atoms with E-state index in [4.69, 9.17) is 27.9 Å². The van der Waals surface area contributed by atoms with Gasteiger partial charge in [0.25, 0.3) is 0 Å². The molecule has 0 N–H and O–H groups in total. The molecule has 0 radical (unpaired) electrons. The van der Waals surface area contributed by atoms with Crippen molar-refractivity contribution in [3.8, 4) is 11.6 Å². The molecule has 1 heterocycles. The molecule has 0 spiro atoms. The van der Waals surface area contributed by atoms with Crippen molar-refractivity contribution in [2.75, 3.05) is 0 Å². The van der Waals surface area contributed by atoms with Gasteiger partial charge in [-0.3, -0.25) is 0 Å². The van der Waals surface area contributed by atoms with Gasteiger partial charge >= 0.3 is 0 Å². The van der Waals surface area contributed by atoms with Crippen LogP contribution in [0.4, 0.5) is 4.39 Å². The first-order valence-corrected chi connectivity index (χ1v) is 6.16. The van der Waals surface area contributed by atoms with Crippen LogP contribution in [0.15, 0.2) is 30.3 Å². The molecule has 0 fully saturated rings. The molecule has 0 aliphatic rings. The molecule has 0 aliphatic heterocycles. The highest BCUT2D eigenvalue weighted by Gasteiger charge is 2.05. The summed E-state index contributed by atoms with van der Waals surface area (Å²) in [5, 5.41) is 0.0565. The maximum atomic E-state index is 13.3. The first-order chi connectivity index (χ1) is 8.58. The van der Waals surface area contributed by atoms with Crippen molar-refractivity contribution >= 4 is 23.2 Å². The van der Waals surface area contributed by atoms with Gasteiger partial charge in [0, 0.05) is 23.7 Å². The highest BCUT2D eigenvalue weighted by Crippen LogP contribution is 2.25. The Bertz CT molecular complexity index is 575. The zero-order valence-corrected chi connectivity index (χ0v) is 11.1. The Morgan fingerprint density at radius 3 is 2.72 bits per heavy atom. The highest BCUT2D eigenvalue weighted by atomic mass is 35.5. The van der Waals surface area contributed by atoms with Crippen molar-refractivity contribution in [3.63, 3.8) is 0 Å². The van der Waals surface area contributed by atoms with Crippen molar-refractivity contribution < 1.29 is 9.13 Å². The Hall–Kier alpha value is -1.32. The maximum Gasteiger partial charge on any atom is 0.219 e. The van der Waals surface area contributed by atoms with Crippen molar-refractivity contribution in [2.24, 2.45) is 0 Å². The van der Waals surface area contributed by atoms with E-state index in [-0.39, 0.29) is 5.02 Å². The molecule has 0 unspecified atom stereocenters. The van der Waals surface area contributed by atoms with E-state index >= 15 is 0 Å². The van der Waals surface area contributed by atoms with Gasteiger partial charge in [0.15, 0.2) is 0 Å². The molecule has 2 rings (SSSR count). The van der Waals surface area contributed by atoms with Crippen LogP contribution in [0.5, 0.6) is 11.6 Å². The van der Waals surface area contributed by atoms with E-state index in [0.29, 0.717) is 17.5 Å². The maximum absolute atomic E-state index is 13.3. The predicted octanol–water partition coefficient (Wildman–Crippen LogP) is 4.71. The number of pyridine rings is 1. The molecule has 2 nitrogen and oxygen atoms in total. The SMILES string of the molecule is Cc1cc(CCl)cc(Oc2ccc(Cl)c(F)c2)n1. The largest absolute Gasteiger partial charge is 0.439 e. The average Bonchev–Trinajstić information content (AvgIpc) is 2.33. The molecule has 5 heteroatoms. The van der Waals surface area contributed by atoms with Crippen LogP contribution in [0.1, 0.15) is 11.3 Å². The number of alkyl halides is 1. The van der Waals surface area contributed by atoms with E-state index < -0.39 is 5.82 Å². The number of benzene rings is 1. The van der Waals surface area contributed by atoms with Crippen LogP contribution >= 0.6 is 23.2 Å². The fourth-order valence-electron chi connectivity index (χ4n) is 1.50. The van der Waals surface area contributed by atoms with Crippen LogP contribution in [0, 0.1) is 12.7 Å². The first kappa shape index (κ1) is 13.1. The monoisotopic (exact) mass is 285 g/mol. The molecule has 0 amide bonds. The van der Waals surface area contributed by atoms with Crippen molar-refractivity contribution in [1.29, 1.82) is 0 Å². The summed E-state index contributed by atoms with van der Waals surface area (Å²) in [6, 6.07) is 7.81. The third-order valence-corrected chi connectivity index (χ3v) is 2.87. The summed E-state index contributed by atoms with van der Waals surface area (Å²) in [5.41, 5.74) is 1.69. The van der Waals surface area contributed by atoms with Crippen LogP contribution in [0.2, 0.25) is 5.02 Å². The van der Waals surface area contributed by atoms with E-state index in [0.717, 1.165) is 11.3 Å². The van der Waals surface area contributed by atoms with E-state index in [2.05, 4.69) is 4.98 Å². The second kappa shape index (κ2) is 5.55. The normalized spacial score (nSPS) is 10.4. The predicted molar refractivity (Wildman–Crippen MR) is 70.0 cm³/mol. The average molecular weight is 286 g/mol. The van der Waals surface area contributed by atoms with Gasteiger partial charge in [0.2, 0.25) is 5.88 Å². The topological polar surface area (TPSA) is 22.1 Å². The number of ether oxygens (including phenoxy) is 1. The summed E-state index contributed by atoms with van der Waals surface area (Å²) in [4.78, 5) is 4.19. The molecule has 0 atom stereocenters. The summed E-state index contributed by atoms with van der Waals surface area (Å²) < 4.78 is 18.7. The number of aryl methyl sites for hydroxylation is 1. The Labute approximate surface area is 114 Å². The van der Waals surface area contributed by atoms with Crippen LogP contribution in [-0.4, -0.2) is 4.98 Å². The van der Waals surface area contributed by atoms with Crippen molar-refractivity contribution in [3.05, 3.63) is 52.4 Å². The first-order valence-electron chi connectivity index (χ1n) is 5.25. The fourth-order valence-corrected chi connectivity index (χ4v) is 1.77. The summed E-state index contributed by atoms with van der Waals surface area (Å²) in [5.74, 6) is 0.566. The molecule has 1 aromatic carbocycles. The lowest BCUT2D eigenvalue weighted by atomic mass is 10.2. The zero-order valence-electron chi connectivity index (χ0n) is 9.58. The lowest BCUT2D eigenvalue weighted by molar-refractivity contribution is 0.456. The quantitative estimate of drug-likeness (QED) is 0.762. The minimum Gasteiger partial charge on any atom is -0.439 e. The van der Waals surface area contributed by atoms with Gasteiger partial charge in [-0.2, -0.15) is 0 Å². The Morgan fingerprint density at radius 1 is 1.28 bits per heavy atom. The lowest BCUT2D eigenvalue weighted by Crippen LogP contribution is -1.93. The van der Waals surface area contributed by atoms with Gasteiger partial charge in [0.1, 0.15) is 11.6 Å². The summed E-state index contributed by atoms with van der Waals surface area (Å²) >= 11 is 11.4. The molecule has 0 aliphatic carbocycles. The number of rotatable bonds is 3. The third kappa shape index (κ3) is 3.12. The molecule has 0 bridgehead atoms. The second-order valence-corrected chi connectivity index (χ2v) is 4.44. The standard InChI is InChI=1S/C13H10Cl2FNO/c1-8-4-9(7-14)5-13(17-8)18-10-2-3-11(15)12(16)6-10/h2-6H,7H2,1H3. The van der Waals surface area contributed by atoms with Gasteiger partial charge in [-0.05, 0) is 30.7 Å². The van der Waals surface area contributed by atoms with Gasteiger partial charge in [-0.15, -0.1) is 11.6 Å². The number of aromatic nitrogens is 1. The highest BCUT2D eigenvalue weighted by molar-refractivity contribution is 6.30. The van der Waals surface area contributed by atoms with Crippen molar-refractivity contribution in [1.82, 2.24) is 4.98 Å². The van der Waals surface area contributed by atoms with E-state index in [9.17, 15) is 4.39 Å². The number of hydrogen-bond donors (Lipinski definition) is 0. The molecule has 0 saturated heterocycles. The lowest BCUT2D eigenvalue weighted by Gasteiger charge is -2.07. The van der Waals surface area contributed by atoms with Crippen molar-refractivity contribution in [2.45, 2.75) is 12.8 Å². The van der Waals surface area contributed by atoms with Crippen LogP contribution in [0.3, 0.4) is 0 Å². The molecule has 94 valence electrons. The Morgan fingerprint density at radius 2 is 2.06 bits per heavy atom. The van der Waals surface area contributed by atoms with E-state index in [1.54, 1.807) is 12.1 Å². The second-order valence-electron chi connectivity index (χ2n) is 3.77. The molecule has 0 saturated carbocycles. The number of nitrogens with zero attached hydrogens (tertiary/aromatic N) is 1. The van der Waals surface area contributed by atoms with Gasteiger partial charge in [0.05, 0.1) is 5.02 Å². The zero-order chi connectivity index (χ0) is 13.1. The minimum atomic E-state index is -0.528. The molecule has 18 heavy (non-hydrogen) atoms. The number of halogens is 3. The van der Waals surface area contributed by atoms with E-state index in [1.165, 1.54) is 12.1 Å². The van der Waals surface area contributed by atoms with Crippen LogP contribution < -0.4 is 4.74 Å². The Kier molecular flexibility index (Phi) is 4.04.